The van der Waals surface area contributed by atoms with Crippen molar-refractivity contribution in [3.8, 4) is 0 Å². The Labute approximate surface area is 252 Å². The first-order valence-electron chi connectivity index (χ1n) is 14.5. The van der Waals surface area contributed by atoms with Gasteiger partial charge < -0.3 is 18.9 Å². The first kappa shape index (κ1) is 28.7. The van der Waals surface area contributed by atoms with E-state index in [0.717, 1.165) is 21.6 Å². The van der Waals surface area contributed by atoms with Gasteiger partial charge >= 0.3 is 0 Å². The van der Waals surface area contributed by atoms with E-state index in [1.54, 1.807) is 11.8 Å². The van der Waals surface area contributed by atoms with Crippen molar-refractivity contribution in [2.45, 2.75) is 61.5 Å². The zero-order valence-corrected chi connectivity index (χ0v) is 24.6. The maximum atomic E-state index is 6.82. The van der Waals surface area contributed by atoms with Gasteiger partial charge in [0.2, 0.25) is 0 Å². The van der Waals surface area contributed by atoms with Crippen molar-refractivity contribution < 1.29 is 18.9 Å². The summed E-state index contributed by atoms with van der Waals surface area (Å²) in [4.78, 5) is 1.12. The number of thioether (sulfide) groups is 1. The molecular weight excluding hydrogens is 540 g/mol. The highest BCUT2D eigenvalue weighted by Crippen LogP contribution is 2.38. The maximum Gasteiger partial charge on any atom is 0.136 e. The molecule has 0 aliphatic carbocycles. The van der Waals surface area contributed by atoms with Crippen LogP contribution in [0.2, 0.25) is 0 Å². The normalized spacial score (nSPS) is 22.3. The summed E-state index contributed by atoms with van der Waals surface area (Å²) in [7, 11) is 0. The molecule has 1 aliphatic heterocycles. The minimum absolute atomic E-state index is 0.201. The third kappa shape index (κ3) is 7.30. The second-order valence-corrected chi connectivity index (χ2v) is 11.8. The van der Waals surface area contributed by atoms with Crippen molar-refractivity contribution in [1.82, 2.24) is 0 Å². The maximum absolute atomic E-state index is 6.82. The molecule has 0 amide bonds. The molecule has 6 rings (SSSR count). The number of fused-ring (bicyclic) bond motifs is 1. The van der Waals surface area contributed by atoms with E-state index in [1.807, 2.05) is 54.6 Å². The molecule has 1 heterocycles. The van der Waals surface area contributed by atoms with Crippen molar-refractivity contribution in [1.29, 1.82) is 0 Å². The van der Waals surface area contributed by atoms with Crippen LogP contribution in [0.4, 0.5) is 0 Å². The van der Waals surface area contributed by atoms with Gasteiger partial charge in [-0.3, -0.25) is 0 Å². The minimum atomic E-state index is -0.368. The molecule has 1 fully saturated rings. The fourth-order valence-electron chi connectivity index (χ4n) is 5.35. The monoisotopic (exact) mass is 576 g/mol. The molecule has 5 heteroatoms. The van der Waals surface area contributed by atoms with Crippen LogP contribution in [0.3, 0.4) is 0 Å². The molecule has 214 valence electrons. The Morgan fingerprint density at radius 1 is 0.524 bits per heavy atom. The zero-order valence-electron chi connectivity index (χ0n) is 23.8. The Balaban J connectivity index is 1.29. The van der Waals surface area contributed by atoms with Crippen molar-refractivity contribution in [3.63, 3.8) is 0 Å². The van der Waals surface area contributed by atoms with Crippen molar-refractivity contribution >= 4 is 22.5 Å². The lowest BCUT2D eigenvalue weighted by molar-refractivity contribution is -0.242. The molecule has 5 aromatic carbocycles. The molecule has 5 aromatic rings. The molecule has 0 aromatic heterocycles. The first-order chi connectivity index (χ1) is 20.7. The average Bonchev–Trinajstić information content (AvgIpc) is 3.04. The lowest BCUT2D eigenvalue weighted by atomic mass is 9.99. The van der Waals surface area contributed by atoms with E-state index < -0.39 is 0 Å². The highest BCUT2D eigenvalue weighted by molar-refractivity contribution is 7.99. The summed E-state index contributed by atoms with van der Waals surface area (Å²) in [5.41, 5.74) is 3.06. The van der Waals surface area contributed by atoms with E-state index in [9.17, 15) is 0 Å². The summed E-state index contributed by atoms with van der Waals surface area (Å²) in [5, 5.41) is 2.42. The smallest absolute Gasteiger partial charge is 0.136 e. The molecule has 42 heavy (non-hydrogen) atoms. The second-order valence-electron chi connectivity index (χ2n) is 10.6. The fraction of sp³-hybridized carbons (Fsp3) is 0.243. The highest BCUT2D eigenvalue weighted by atomic mass is 32.2. The number of hydrogen-bond donors (Lipinski definition) is 0. The first-order valence-corrected chi connectivity index (χ1v) is 15.4. The van der Waals surface area contributed by atoms with Crippen LogP contribution in [-0.2, 0) is 38.8 Å². The summed E-state index contributed by atoms with van der Waals surface area (Å²) in [5.74, 6) is 0. The van der Waals surface area contributed by atoms with Gasteiger partial charge in [-0.2, -0.15) is 0 Å². The molecule has 4 nitrogen and oxygen atoms in total. The van der Waals surface area contributed by atoms with Crippen LogP contribution in [0, 0.1) is 0 Å². The van der Waals surface area contributed by atoms with E-state index in [-0.39, 0.29) is 29.9 Å². The van der Waals surface area contributed by atoms with E-state index in [1.165, 1.54) is 10.8 Å². The van der Waals surface area contributed by atoms with Crippen LogP contribution in [-0.4, -0.2) is 29.9 Å². The van der Waals surface area contributed by atoms with E-state index in [2.05, 4.69) is 85.8 Å². The zero-order chi connectivity index (χ0) is 28.6. The standard InChI is InChI=1S/C37H36O4S/c1-27-34(38-24-28-13-5-2-6-14-28)35(39-26-30-21-22-31-17-11-12-18-32(31)23-30)36(40-25-29-15-7-3-8-16-29)37(41-27)42-33-19-9-4-10-20-33/h2-23,27,34-37H,24-26H2,1H3/t27-,34+,35+,36-,37+/m0/s1. The Bertz CT molecular complexity index is 1530. The van der Waals surface area contributed by atoms with Crippen molar-refractivity contribution in [2.24, 2.45) is 0 Å². The number of benzene rings is 5. The molecule has 0 spiro atoms. The Morgan fingerprint density at radius 2 is 1.05 bits per heavy atom. The Kier molecular flexibility index (Phi) is 9.65. The lowest BCUT2D eigenvalue weighted by Gasteiger charge is -2.45. The fourth-order valence-corrected chi connectivity index (χ4v) is 6.53. The Hall–Kier alpha value is -3.45. The van der Waals surface area contributed by atoms with Crippen LogP contribution < -0.4 is 0 Å². The molecule has 0 N–H and O–H groups in total. The summed E-state index contributed by atoms with van der Waals surface area (Å²) in [6.07, 6.45) is -1.24. The van der Waals surface area contributed by atoms with Crippen molar-refractivity contribution in [3.05, 3.63) is 150 Å². The molecular formula is C37H36O4S. The van der Waals surface area contributed by atoms with Gasteiger partial charge in [0.15, 0.2) is 0 Å². The summed E-state index contributed by atoms with van der Waals surface area (Å²) >= 11 is 1.67. The number of hydrogen-bond acceptors (Lipinski definition) is 5. The van der Waals surface area contributed by atoms with Crippen LogP contribution in [0.15, 0.2) is 138 Å². The molecule has 0 unspecified atom stereocenters. The predicted molar refractivity (Wildman–Crippen MR) is 169 cm³/mol. The van der Waals surface area contributed by atoms with E-state index >= 15 is 0 Å². The highest BCUT2D eigenvalue weighted by Gasteiger charge is 2.47. The third-order valence-corrected chi connectivity index (χ3v) is 8.71. The van der Waals surface area contributed by atoms with Gasteiger partial charge in [-0.25, -0.2) is 0 Å². The quantitative estimate of drug-likeness (QED) is 0.158. The van der Waals surface area contributed by atoms with Gasteiger partial charge in [-0.15, -0.1) is 0 Å². The lowest BCUT2D eigenvalue weighted by Crippen LogP contribution is -2.58. The van der Waals surface area contributed by atoms with Crippen LogP contribution >= 0.6 is 11.8 Å². The Morgan fingerprint density at radius 3 is 1.71 bits per heavy atom. The van der Waals surface area contributed by atoms with E-state index in [0.29, 0.717) is 19.8 Å². The van der Waals surface area contributed by atoms with Gasteiger partial charge in [-0.1, -0.05) is 127 Å². The van der Waals surface area contributed by atoms with Gasteiger partial charge in [0.1, 0.15) is 23.7 Å². The van der Waals surface area contributed by atoms with Gasteiger partial charge in [0, 0.05) is 4.90 Å². The number of ether oxygens (including phenoxy) is 4. The van der Waals surface area contributed by atoms with Gasteiger partial charge in [-0.05, 0) is 52.6 Å². The molecule has 0 saturated carbocycles. The molecule has 1 saturated heterocycles. The van der Waals surface area contributed by atoms with E-state index in [4.69, 9.17) is 18.9 Å². The SMILES string of the molecule is C[C@@H]1O[C@H](Sc2ccccc2)[C@@H](OCc2ccccc2)[C@H](OCc2ccc3ccccc3c2)[C@@H]1OCc1ccccc1. The number of rotatable bonds is 11. The molecule has 0 radical (unpaired) electrons. The summed E-state index contributed by atoms with van der Waals surface area (Å²) in [6.45, 7) is 3.45. The van der Waals surface area contributed by atoms with Crippen molar-refractivity contribution in [2.75, 3.05) is 0 Å². The largest absolute Gasteiger partial charge is 0.368 e. The van der Waals surface area contributed by atoms with Gasteiger partial charge in [0.25, 0.3) is 0 Å². The average molecular weight is 577 g/mol. The predicted octanol–water partition coefficient (Wildman–Crippen LogP) is 8.43. The second kappa shape index (κ2) is 14.1. The summed E-state index contributed by atoms with van der Waals surface area (Å²) < 4.78 is 26.8. The third-order valence-electron chi connectivity index (χ3n) is 7.55. The molecule has 0 bridgehead atoms. The topological polar surface area (TPSA) is 36.9 Å². The minimum Gasteiger partial charge on any atom is -0.368 e. The molecule has 1 aliphatic rings. The summed E-state index contributed by atoms with van der Waals surface area (Å²) in [6, 6.07) is 45.7. The molecule has 5 atom stereocenters. The van der Waals surface area contributed by atoms with Crippen LogP contribution in [0.25, 0.3) is 10.8 Å². The van der Waals surface area contributed by atoms with Crippen LogP contribution in [0.5, 0.6) is 0 Å². The van der Waals surface area contributed by atoms with Gasteiger partial charge in [0.05, 0.1) is 25.9 Å². The van der Waals surface area contributed by atoms with Crippen LogP contribution in [0.1, 0.15) is 23.6 Å².